The monoisotopic (exact) mass is 495 g/mol. The summed E-state index contributed by atoms with van der Waals surface area (Å²) >= 11 is 7.64. The summed E-state index contributed by atoms with van der Waals surface area (Å²) in [5.41, 5.74) is 2.26. The molecule has 0 radical (unpaired) electrons. The van der Waals surface area contributed by atoms with Gasteiger partial charge in [-0.1, -0.05) is 48.0 Å². The molecule has 3 aromatic rings. The van der Waals surface area contributed by atoms with E-state index in [1.165, 1.54) is 11.8 Å². The lowest BCUT2D eigenvalue weighted by molar-refractivity contribution is -0.155. The summed E-state index contributed by atoms with van der Waals surface area (Å²) in [6.45, 7) is 4.03. The van der Waals surface area contributed by atoms with Gasteiger partial charge in [-0.05, 0) is 43.7 Å². The summed E-state index contributed by atoms with van der Waals surface area (Å²) in [6, 6.07) is 17.3. The number of benzene rings is 2. The molecule has 0 N–H and O–H groups in total. The highest BCUT2D eigenvalue weighted by Crippen LogP contribution is 2.54. The minimum absolute atomic E-state index is 0.136. The predicted molar refractivity (Wildman–Crippen MR) is 130 cm³/mol. The van der Waals surface area contributed by atoms with Gasteiger partial charge in [0.2, 0.25) is 0 Å². The van der Waals surface area contributed by atoms with E-state index in [1.807, 2.05) is 44.2 Å². The van der Waals surface area contributed by atoms with Crippen LogP contribution < -0.4 is 4.74 Å². The molecule has 2 aliphatic rings. The molecule has 6 nitrogen and oxygen atoms in total. The van der Waals surface area contributed by atoms with Crippen molar-refractivity contribution in [1.82, 2.24) is 4.90 Å². The number of nitrogens with zero attached hydrogens (tertiary/aromatic N) is 1. The zero-order valence-electron chi connectivity index (χ0n) is 18.6. The lowest BCUT2D eigenvalue weighted by Crippen LogP contribution is -2.50. The molecule has 2 aromatic carbocycles. The summed E-state index contributed by atoms with van der Waals surface area (Å²) in [4.78, 5) is 28.6. The highest BCUT2D eigenvalue weighted by molar-refractivity contribution is 8.02. The van der Waals surface area contributed by atoms with Crippen LogP contribution in [0.2, 0.25) is 5.02 Å². The van der Waals surface area contributed by atoms with Gasteiger partial charge in [-0.15, -0.1) is 11.8 Å². The second-order valence-electron chi connectivity index (χ2n) is 8.60. The third kappa shape index (κ3) is 4.10. The minimum atomic E-state index is -0.791. The van der Waals surface area contributed by atoms with Crippen LogP contribution in [0, 0.1) is 0 Å². The molecule has 5 rings (SSSR count). The zero-order valence-corrected chi connectivity index (χ0v) is 20.1. The van der Waals surface area contributed by atoms with Crippen molar-refractivity contribution in [2.75, 3.05) is 0 Å². The number of halogens is 1. The molecule has 1 aromatic heterocycles. The number of carbonyl (C=O) groups excluding carboxylic acids is 2. The fourth-order valence-corrected chi connectivity index (χ4v) is 6.08. The van der Waals surface area contributed by atoms with E-state index in [1.54, 1.807) is 47.8 Å². The first-order chi connectivity index (χ1) is 16.3. The number of rotatable bonds is 6. The van der Waals surface area contributed by atoms with Gasteiger partial charge < -0.3 is 18.8 Å². The van der Waals surface area contributed by atoms with Crippen LogP contribution in [0.5, 0.6) is 5.75 Å². The number of fused-ring (bicyclic) bond motifs is 1. The largest absolute Gasteiger partial charge is 0.472 e. The smallest absolute Gasteiger partial charge is 0.330 e. The van der Waals surface area contributed by atoms with Gasteiger partial charge in [0.1, 0.15) is 23.8 Å². The fraction of sp³-hybridized carbons (Fsp3) is 0.231. The van der Waals surface area contributed by atoms with Crippen molar-refractivity contribution in [1.29, 1.82) is 0 Å². The molecule has 1 fully saturated rings. The first-order valence-corrected chi connectivity index (χ1v) is 12.0. The molecule has 1 amide bonds. The Morgan fingerprint density at radius 2 is 1.94 bits per heavy atom. The Hall–Kier alpha value is -3.16. The fourth-order valence-electron chi connectivity index (χ4n) is 4.29. The van der Waals surface area contributed by atoms with Gasteiger partial charge >= 0.3 is 5.97 Å². The van der Waals surface area contributed by atoms with Crippen molar-refractivity contribution >= 4 is 40.8 Å². The molecule has 2 aliphatic heterocycles. The SMILES string of the molecule is CC1(C)S[C@@H]2C(c3ccoc3)=C(Oc3cccc(Cl)c3)C(=O)N2[C@H]1C(=O)OCc1ccccc1. The normalized spacial score (nSPS) is 21.0. The second kappa shape index (κ2) is 8.89. The van der Waals surface area contributed by atoms with Crippen LogP contribution in [0.15, 0.2) is 83.4 Å². The van der Waals surface area contributed by atoms with Gasteiger partial charge in [-0.25, -0.2) is 4.79 Å². The van der Waals surface area contributed by atoms with Crippen molar-refractivity contribution in [2.45, 2.75) is 36.6 Å². The molecule has 0 unspecified atom stereocenters. The topological polar surface area (TPSA) is 69.0 Å². The number of carbonyl (C=O) groups is 2. The maximum Gasteiger partial charge on any atom is 0.330 e. The Labute approximate surface area is 206 Å². The van der Waals surface area contributed by atoms with E-state index in [0.717, 1.165) is 11.1 Å². The Balaban J connectivity index is 1.48. The van der Waals surface area contributed by atoms with Crippen molar-refractivity contribution < 1.29 is 23.5 Å². The van der Waals surface area contributed by atoms with Gasteiger partial charge in [0.15, 0.2) is 5.76 Å². The Morgan fingerprint density at radius 1 is 1.15 bits per heavy atom. The minimum Gasteiger partial charge on any atom is -0.472 e. The van der Waals surface area contributed by atoms with E-state index >= 15 is 0 Å². The maximum atomic E-state index is 13.7. The summed E-state index contributed by atoms with van der Waals surface area (Å²) in [5, 5.41) is 0.0651. The van der Waals surface area contributed by atoms with Crippen molar-refractivity contribution in [2.24, 2.45) is 0 Å². The molecule has 34 heavy (non-hydrogen) atoms. The quantitative estimate of drug-likeness (QED) is 0.419. The van der Waals surface area contributed by atoms with Crippen LogP contribution in [-0.4, -0.2) is 32.9 Å². The molecule has 174 valence electrons. The van der Waals surface area contributed by atoms with Crippen LogP contribution in [0.3, 0.4) is 0 Å². The lowest BCUT2D eigenvalue weighted by Gasteiger charge is -2.28. The third-order valence-corrected chi connectivity index (χ3v) is 7.57. The van der Waals surface area contributed by atoms with Crippen LogP contribution in [0.4, 0.5) is 0 Å². The molecular weight excluding hydrogens is 474 g/mol. The van der Waals surface area contributed by atoms with E-state index < -0.39 is 22.1 Å². The summed E-state index contributed by atoms with van der Waals surface area (Å²) in [7, 11) is 0. The number of ether oxygens (including phenoxy) is 2. The van der Waals surface area contributed by atoms with Crippen LogP contribution >= 0.6 is 23.4 Å². The second-order valence-corrected chi connectivity index (χ2v) is 10.8. The predicted octanol–water partition coefficient (Wildman–Crippen LogP) is 5.53. The molecule has 1 saturated heterocycles. The Kier molecular flexibility index (Phi) is 5.91. The van der Waals surface area contributed by atoms with E-state index in [9.17, 15) is 9.59 Å². The average molecular weight is 496 g/mol. The van der Waals surface area contributed by atoms with Gasteiger partial charge in [-0.2, -0.15) is 0 Å². The number of hydrogen-bond donors (Lipinski definition) is 0. The maximum absolute atomic E-state index is 13.7. The van der Waals surface area contributed by atoms with Crippen LogP contribution in [0.25, 0.3) is 5.57 Å². The highest BCUT2D eigenvalue weighted by atomic mass is 35.5. The summed E-state index contributed by atoms with van der Waals surface area (Å²) < 4.78 is 16.4. The first-order valence-electron chi connectivity index (χ1n) is 10.8. The van der Waals surface area contributed by atoms with Gasteiger partial charge in [-0.3, -0.25) is 4.79 Å². The molecule has 0 aliphatic carbocycles. The summed E-state index contributed by atoms with van der Waals surface area (Å²) in [6.07, 6.45) is 3.12. The van der Waals surface area contributed by atoms with Gasteiger partial charge in [0.25, 0.3) is 5.91 Å². The highest BCUT2D eigenvalue weighted by Gasteiger charge is 2.60. The van der Waals surface area contributed by atoms with E-state index in [0.29, 0.717) is 16.3 Å². The number of thioether (sulfide) groups is 1. The first kappa shape index (κ1) is 22.6. The Bertz CT molecular complexity index is 1260. The van der Waals surface area contributed by atoms with Crippen molar-refractivity contribution in [3.63, 3.8) is 0 Å². The molecule has 0 spiro atoms. The third-order valence-electron chi connectivity index (χ3n) is 5.82. The average Bonchev–Trinajstić information content (AvgIpc) is 3.48. The van der Waals surface area contributed by atoms with Gasteiger partial charge in [0, 0.05) is 20.9 Å². The van der Waals surface area contributed by atoms with E-state index in [2.05, 4.69) is 0 Å². The number of furan rings is 1. The molecule has 0 bridgehead atoms. The number of amides is 1. The van der Waals surface area contributed by atoms with Crippen LogP contribution in [-0.2, 0) is 20.9 Å². The van der Waals surface area contributed by atoms with Gasteiger partial charge in [0.05, 0.1) is 12.5 Å². The van der Waals surface area contributed by atoms with E-state index in [4.69, 9.17) is 25.5 Å². The number of esters is 1. The number of hydrogen-bond acceptors (Lipinski definition) is 6. The van der Waals surface area contributed by atoms with Crippen molar-refractivity contribution in [3.8, 4) is 5.75 Å². The van der Waals surface area contributed by atoms with Crippen molar-refractivity contribution in [3.05, 3.63) is 95.1 Å². The Morgan fingerprint density at radius 3 is 2.65 bits per heavy atom. The van der Waals surface area contributed by atoms with Crippen LogP contribution in [0.1, 0.15) is 25.0 Å². The zero-order chi connectivity index (χ0) is 23.9. The molecule has 2 atom stereocenters. The summed E-state index contributed by atoms with van der Waals surface area (Å²) in [5.74, 6) is -0.239. The molecule has 0 saturated carbocycles. The molecular formula is C26H22ClNO5S. The lowest BCUT2D eigenvalue weighted by atomic mass is 10.0. The standard InChI is InChI=1S/C26H22ClNO5S/c1-26(2)22(25(30)32-14-16-7-4-3-5-8-16)28-23(29)21(33-19-10-6-9-18(27)13-19)20(24(28)34-26)17-11-12-31-15-17/h3-13,15,22,24H,14H2,1-2H3/t22-,24+/m0/s1. The van der Waals surface area contributed by atoms with E-state index in [-0.39, 0.29) is 18.3 Å². The molecule has 8 heteroatoms. The molecule has 3 heterocycles.